The van der Waals surface area contributed by atoms with Crippen LogP contribution in [-0.2, 0) is 0 Å². The second kappa shape index (κ2) is 7.43. The van der Waals surface area contributed by atoms with Gasteiger partial charge in [-0.25, -0.2) is 0 Å². The van der Waals surface area contributed by atoms with Gasteiger partial charge < -0.3 is 14.2 Å². The normalized spacial score (nSPS) is 10.1. The molecule has 0 radical (unpaired) electrons. The highest BCUT2D eigenvalue weighted by Crippen LogP contribution is 2.25. The molecule has 0 aliphatic heterocycles. The van der Waals surface area contributed by atoms with Crippen molar-refractivity contribution in [2.75, 3.05) is 20.3 Å². The molecule has 2 aromatic rings. The number of hydrogen-bond donors (Lipinski definition) is 0. The molecule has 0 spiro atoms. The quantitative estimate of drug-likeness (QED) is 0.716. The van der Waals surface area contributed by atoms with E-state index in [0.717, 1.165) is 29.2 Å². The maximum absolute atomic E-state index is 5.72. The van der Waals surface area contributed by atoms with Crippen molar-refractivity contribution in [2.24, 2.45) is 0 Å². The standard InChI is InChI=1S/C17H20O3/c1-14-8-3-4-9-15(14)19-12-7-13-20-17-11-6-5-10-16(17)18-2/h3-6,8-11H,7,12-13H2,1-2H3. The van der Waals surface area contributed by atoms with Crippen LogP contribution in [0.3, 0.4) is 0 Å². The summed E-state index contributed by atoms with van der Waals surface area (Å²) in [5.74, 6) is 2.46. The molecule has 2 rings (SSSR count). The smallest absolute Gasteiger partial charge is 0.161 e. The zero-order chi connectivity index (χ0) is 14.2. The molecule has 0 fully saturated rings. The van der Waals surface area contributed by atoms with Crippen molar-refractivity contribution < 1.29 is 14.2 Å². The summed E-state index contributed by atoms with van der Waals surface area (Å²) >= 11 is 0. The number of rotatable bonds is 7. The zero-order valence-corrected chi connectivity index (χ0v) is 12.0. The molecule has 0 atom stereocenters. The molecule has 0 amide bonds. The Hall–Kier alpha value is -2.16. The molecule has 3 heteroatoms. The number of methoxy groups -OCH3 is 1. The Balaban J connectivity index is 1.73. The molecule has 0 saturated heterocycles. The van der Waals surface area contributed by atoms with Gasteiger partial charge in [0.05, 0.1) is 20.3 Å². The minimum absolute atomic E-state index is 0.603. The fraction of sp³-hybridized carbons (Fsp3) is 0.294. The minimum atomic E-state index is 0.603. The highest BCUT2D eigenvalue weighted by atomic mass is 16.5. The fourth-order valence-corrected chi connectivity index (χ4v) is 1.88. The van der Waals surface area contributed by atoms with Crippen molar-refractivity contribution in [1.29, 1.82) is 0 Å². The molecule has 0 N–H and O–H groups in total. The maximum Gasteiger partial charge on any atom is 0.161 e. The molecule has 0 aliphatic carbocycles. The Labute approximate surface area is 120 Å². The highest BCUT2D eigenvalue weighted by molar-refractivity contribution is 5.39. The van der Waals surface area contributed by atoms with E-state index in [9.17, 15) is 0 Å². The van der Waals surface area contributed by atoms with Crippen LogP contribution in [0.2, 0.25) is 0 Å². The lowest BCUT2D eigenvalue weighted by molar-refractivity contribution is 0.240. The van der Waals surface area contributed by atoms with Crippen molar-refractivity contribution >= 4 is 0 Å². The summed E-state index contributed by atoms with van der Waals surface area (Å²) in [4.78, 5) is 0. The van der Waals surface area contributed by atoms with Crippen LogP contribution < -0.4 is 14.2 Å². The van der Waals surface area contributed by atoms with Crippen LogP contribution in [0.5, 0.6) is 17.2 Å². The Morgan fingerprint density at radius 1 is 0.750 bits per heavy atom. The van der Waals surface area contributed by atoms with Crippen LogP contribution in [-0.4, -0.2) is 20.3 Å². The molecular formula is C17H20O3. The topological polar surface area (TPSA) is 27.7 Å². The van der Waals surface area contributed by atoms with E-state index >= 15 is 0 Å². The summed E-state index contributed by atoms with van der Waals surface area (Å²) in [7, 11) is 1.64. The third-order valence-electron chi connectivity index (χ3n) is 2.97. The van der Waals surface area contributed by atoms with Gasteiger partial charge in [-0.15, -0.1) is 0 Å². The van der Waals surface area contributed by atoms with E-state index in [1.54, 1.807) is 7.11 Å². The first kappa shape index (κ1) is 14.3. The van der Waals surface area contributed by atoms with Crippen LogP contribution in [0, 0.1) is 6.92 Å². The first-order valence-electron chi connectivity index (χ1n) is 6.75. The third kappa shape index (κ3) is 3.92. The summed E-state index contributed by atoms with van der Waals surface area (Å²) in [6, 6.07) is 15.7. The van der Waals surface area contributed by atoms with Gasteiger partial charge in [-0.05, 0) is 30.7 Å². The van der Waals surface area contributed by atoms with E-state index in [4.69, 9.17) is 14.2 Å². The molecule has 20 heavy (non-hydrogen) atoms. The van der Waals surface area contributed by atoms with Gasteiger partial charge >= 0.3 is 0 Å². The largest absolute Gasteiger partial charge is 0.493 e. The molecule has 0 unspecified atom stereocenters. The second-order valence-corrected chi connectivity index (χ2v) is 4.47. The zero-order valence-electron chi connectivity index (χ0n) is 12.0. The first-order chi connectivity index (χ1) is 9.81. The molecule has 0 heterocycles. The number of hydrogen-bond acceptors (Lipinski definition) is 3. The number of benzene rings is 2. The van der Waals surface area contributed by atoms with Gasteiger partial charge in [-0.3, -0.25) is 0 Å². The van der Waals surface area contributed by atoms with E-state index in [0.29, 0.717) is 13.2 Å². The average Bonchev–Trinajstić information content (AvgIpc) is 2.49. The summed E-state index contributed by atoms with van der Waals surface area (Å²) in [6.45, 7) is 3.28. The Morgan fingerprint density at radius 3 is 1.95 bits per heavy atom. The van der Waals surface area contributed by atoms with Crippen molar-refractivity contribution in [2.45, 2.75) is 13.3 Å². The van der Waals surface area contributed by atoms with Gasteiger partial charge in [0.1, 0.15) is 5.75 Å². The van der Waals surface area contributed by atoms with Crippen molar-refractivity contribution in [3.8, 4) is 17.2 Å². The van der Waals surface area contributed by atoms with Gasteiger partial charge in [0.15, 0.2) is 11.5 Å². The second-order valence-electron chi connectivity index (χ2n) is 4.47. The molecular weight excluding hydrogens is 252 g/mol. The van der Waals surface area contributed by atoms with Gasteiger partial charge in [0.2, 0.25) is 0 Å². The molecule has 2 aromatic carbocycles. The van der Waals surface area contributed by atoms with Crippen molar-refractivity contribution in [3.63, 3.8) is 0 Å². The lowest BCUT2D eigenvalue weighted by Crippen LogP contribution is -2.06. The van der Waals surface area contributed by atoms with Crippen LogP contribution in [0.4, 0.5) is 0 Å². The maximum atomic E-state index is 5.72. The summed E-state index contributed by atoms with van der Waals surface area (Å²) < 4.78 is 16.6. The third-order valence-corrected chi connectivity index (χ3v) is 2.97. The van der Waals surface area contributed by atoms with E-state index in [1.807, 2.05) is 55.5 Å². The number of aryl methyl sites for hydroxylation is 1. The Bertz CT molecular complexity index is 537. The fourth-order valence-electron chi connectivity index (χ4n) is 1.88. The van der Waals surface area contributed by atoms with Crippen molar-refractivity contribution in [3.05, 3.63) is 54.1 Å². The molecule has 0 saturated carbocycles. The molecule has 0 aromatic heterocycles. The predicted octanol–water partition coefficient (Wildman–Crippen LogP) is 3.85. The van der Waals surface area contributed by atoms with Crippen LogP contribution in [0.15, 0.2) is 48.5 Å². The lowest BCUT2D eigenvalue weighted by Gasteiger charge is -2.11. The molecule has 3 nitrogen and oxygen atoms in total. The van der Waals surface area contributed by atoms with Crippen LogP contribution in [0.25, 0.3) is 0 Å². The van der Waals surface area contributed by atoms with E-state index in [-0.39, 0.29) is 0 Å². The van der Waals surface area contributed by atoms with Gasteiger partial charge in [-0.1, -0.05) is 30.3 Å². The highest BCUT2D eigenvalue weighted by Gasteiger charge is 2.02. The summed E-state index contributed by atoms with van der Waals surface area (Å²) in [5, 5.41) is 0. The summed E-state index contributed by atoms with van der Waals surface area (Å²) in [6.07, 6.45) is 0.826. The molecule has 0 bridgehead atoms. The van der Waals surface area contributed by atoms with Gasteiger partial charge in [0.25, 0.3) is 0 Å². The number of para-hydroxylation sites is 3. The average molecular weight is 272 g/mol. The minimum Gasteiger partial charge on any atom is -0.493 e. The van der Waals surface area contributed by atoms with E-state index in [2.05, 4.69) is 0 Å². The lowest BCUT2D eigenvalue weighted by atomic mass is 10.2. The van der Waals surface area contributed by atoms with Crippen LogP contribution in [0.1, 0.15) is 12.0 Å². The Morgan fingerprint density at radius 2 is 1.30 bits per heavy atom. The SMILES string of the molecule is COc1ccccc1OCCCOc1ccccc1C. The van der Waals surface area contributed by atoms with Crippen molar-refractivity contribution in [1.82, 2.24) is 0 Å². The number of ether oxygens (including phenoxy) is 3. The van der Waals surface area contributed by atoms with E-state index < -0.39 is 0 Å². The van der Waals surface area contributed by atoms with Crippen LogP contribution >= 0.6 is 0 Å². The summed E-state index contributed by atoms with van der Waals surface area (Å²) in [5.41, 5.74) is 1.15. The molecule has 0 aliphatic rings. The predicted molar refractivity (Wildman–Crippen MR) is 79.8 cm³/mol. The Kier molecular flexibility index (Phi) is 5.30. The molecule has 106 valence electrons. The first-order valence-corrected chi connectivity index (χ1v) is 6.75. The van der Waals surface area contributed by atoms with E-state index in [1.165, 1.54) is 0 Å². The van der Waals surface area contributed by atoms with Gasteiger partial charge in [0, 0.05) is 6.42 Å². The monoisotopic (exact) mass is 272 g/mol. The van der Waals surface area contributed by atoms with Gasteiger partial charge in [-0.2, -0.15) is 0 Å².